The van der Waals surface area contributed by atoms with Crippen molar-refractivity contribution in [3.8, 4) is 0 Å². The molecule has 1 amide bonds. The van der Waals surface area contributed by atoms with Crippen LogP contribution in [-0.2, 0) is 0 Å². The average molecular weight is 236 g/mol. The van der Waals surface area contributed by atoms with Crippen molar-refractivity contribution in [2.45, 2.75) is 32.4 Å². The zero-order valence-electron chi connectivity index (χ0n) is 10.2. The fraction of sp³-hybridized carbons (Fsp3) is 0.538. The molecular weight excluding hydrogens is 219 g/mol. The van der Waals surface area contributed by atoms with Crippen LogP contribution < -0.4 is 0 Å². The summed E-state index contributed by atoms with van der Waals surface area (Å²) < 4.78 is 13.0. The lowest BCUT2D eigenvalue weighted by Gasteiger charge is -2.15. The van der Waals surface area contributed by atoms with Crippen molar-refractivity contribution in [2.24, 2.45) is 0 Å². The molecule has 1 unspecified atom stereocenters. The summed E-state index contributed by atoms with van der Waals surface area (Å²) in [4.78, 5) is 17.9. The van der Waals surface area contributed by atoms with Crippen molar-refractivity contribution in [1.82, 2.24) is 9.88 Å². The molecule has 17 heavy (non-hydrogen) atoms. The fourth-order valence-electron chi connectivity index (χ4n) is 1.96. The van der Waals surface area contributed by atoms with E-state index in [0.29, 0.717) is 18.7 Å². The van der Waals surface area contributed by atoms with Gasteiger partial charge >= 0.3 is 0 Å². The number of hydrogen-bond donors (Lipinski definition) is 0. The van der Waals surface area contributed by atoms with E-state index in [2.05, 4.69) is 4.98 Å². The van der Waals surface area contributed by atoms with Gasteiger partial charge in [-0.2, -0.15) is 0 Å². The minimum absolute atomic E-state index is 0.160. The summed E-state index contributed by atoms with van der Waals surface area (Å²) in [7, 11) is 0. The van der Waals surface area contributed by atoms with Gasteiger partial charge in [-0.3, -0.25) is 4.79 Å². The summed E-state index contributed by atoms with van der Waals surface area (Å²) in [5, 5.41) is 0. The Hall–Kier alpha value is -1.45. The third kappa shape index (κ3) is 2.62. The third-order valence-corrected chi connectivity index (χ3v) is 3.00. The second-order valence-corrected chi connectivity index (χ2v) is 4.74. The quantitative estimate of drug-likeness (QED) is 0.790. The van der Waals surface area contributed by atoms with Crippen LogP contribution in [0.25, 0.3) is 0 Å². The van der Waals surface area contributed by atoms with Crippen molar-refractivity contribution in [2.75, 3.05) is 13.1 Å². The number of amides is 1. The smallest absolute Gasteiger partial charge is 0.272 e. The Morgan fingerprint density at radius 1 is 1.53 bits per heavy atom. The Bertz CT molecular complexity index is 420. The van der Waals surface area contributed by atoms with Crippen LogP contribution in [0.1, 0.15) is 42.4 Å². The number of aromatic nitrogens is 1. The maximum Gasteiger partial charge on any atom is 0.272 e. The zero-order chi connectivity index (χ0) is 12.4. The molecule has 1 saturated heterocycles. The minimum Gasteiger partial charge on any atom is -0.334 e. The van der Waals surface area contributed by atoms with Crippen molar-refractivity contribution < 1.29 is 9.18 Å². The van der Waals surface area contributed by atoms with E-state index >= 15 is 0 Å². The summed E-state index contributed by atoms with van der Waals surface area (Å²) >= 11 is 0. The molecule has 4 heteroatoms. The van der Waals surface area contributed by atoms with Crippen LogP contribution in [0.5, 0.6) is 0 Å². The SMILES string of the molecule is CC(C)c1cccc(C(=O)N2CCC(F)C2)n1. The molecular formula is C13H17FN2O. The van der Waals surface area contributed by atoms with E-state index in [1.165, 1.54) is 4.90 Å². The zero-order valence-corrected chi connectivity index (χ0v) is 10.2. The van der Waals surface area contributed by atoms with Gasteiger partial charge in [0.25, 0.3) is 5.91 Å². The van der Waals surface area contributed by atoms with Gasteiger partial charge < -0.3 is 4.90 Å². The monoisotopic (exact) mass is 236 g/mol. The second kappa shape index (κ2) is 4.82. The number of carbonyl (C=O) groups excluding carboxylic acids is 1. The number of carbonyl (C=O) groups is 1. The predicted molar refractivity (Wildman–Crippen MR) is 63.7 cm³/mol. The molecule has 2 rings (SSSR count). The molecule has 1 aliphatic rings. The summed E-state index contributed by atoms with van der Waals surface area (Å²) in [5.41, 5.74) is 1.32. The number of hydrogen-bond acceptors (Lipinski definition) is 2. The average Bonchev–Trinajstić information content (AvgIpc) is 2.75. The summed E-state index contributed by atoms with van der Waals surface area (Å²) in [5.74, 6) is 0.128. The van der Waals surface area contributed by atoms with Gasteiger partial charge in [0, 0.05) is 12.2 Å². The van der Waals surface area contributed by atoms with Crippen molar-refractivity contribution in [3.05, 3.63) is 29.6 Å². The van der Waals surface area contributed by atoms with E-state index in [9.17, 15) is 9.18 Å². The van der Waals surface area contributed by atoms with Gasteiger partial charge in [-0.15, -0.1) is 0 Å². The van der Waals surface area contributed by atoms with E-state index in [4.69, 9.17) is 0 Å². The van der Waals surface area contributed by atoms with Crippen molar-refractivity contribution in [1.29, 1.82) is 0 Å². The summed E-state index contributed by atoms with van der Waals surface area (Å²) in [6.45, 7) is 4.76. The Morgan fingerprint density at radius 3 is 2.88 bits per heavy atom. The Kier molecular flexibility index (Phi) is 3.41. The lowest BCUT2D eigenvalue weighted by Crippen LogP contribution is -2.29. The van der Waals surface area contributed by atoms with Crippen LogP contribution in [0.15, 0.2) is 18.2 Å². The number of pyridine rings is 1. The molecule has 0 aromatic carbocycles. The van der Waals surface area contributed by atoms with Gasteiger partial charge in [-0.1, -0.05) is 19.9 Å². The molecule has 0 radical (unpaired) electrons. The standard InChI is InChI=1S/C13H17FN2O/c1-9(2)11-4-3-5-12(15-11)13(17)16-7-6-10(14)8-16/h3-5,9-10H,6-8H2,1-2H3. The highest BCUT2D eigenvalue weighted by molar-refractivity contribution is 5.92. The molecule has 0 bridgehead atoms. The second-order valence-electron chi connectivity index (χ2n) is 4.74. The Labute approximate surface area is 101 Å². The number of alkyl halides is 1. The van der Waals surface area contributed by atoms with E-state index in [0.717, 1.165) is 5.69 Å². The molecule has 0 spiro atoms. The normalized spacial score (nSPS) is 20.0. The first-order valence-corrected chi connectivity index (χ1v) is 5.98. The lowest BCUT2D eigenvalue weighted by atomic mass is 10.1. The molecule has 0 N–H and O–H groups in total. The minimum atomic E-state index is -0.882. The number of halogens is 1. The van der Waals surface area contributed by atoms with Gasteiger partial charge in [-0.25, -0.2) is 9.37 Å². The topological polar surface area (TPSA) is 33.2 Å². The molecule has 0 saturated carbocycles. The molecule has 1 aliphatic heterocycles. The van der Waals surface area contributed by atoms with Crippen LogP contribution in [0.4, 0.5) is 4.39 Å². The Balaban J connectivity index is 2.16. The molecule has 0 aliphatic carbocycles. The molecule has 3 nitrogen and oxygen atoms in total. The molecule has 1 fully saturated rings. The summed E-state index contributed by atoms with van der Waals surface area (Å²) in [6.07, 6.45) is -0.442. The van der Waals surface area contributed by atoms with Crippen LogP contribution >= 0.6 is 0 Å². The van der Waals surface area contributed by atoms with E-state index in [1.54, 1.807) is 6.07 Å². The number of likely N-dealkylation sites (tertiary alicyclic amines) is 1. The predicted octanol–water partition coefficient (Wildman–Crippen LogP) is 2.39. The highest BCUT2D eigenvalue weighted by Crippen LogP contribution is 2.17. The first-order valence-electron chi connectivity index (χ1n) is 5.98. The van der Waals surface area contributed by atoms with Crippen LogP contribution in [0.3, 0.4) is 0 Å². The molecule has 92 valence electrons. The largest absolute Gasteiger partial charge is 0.334 e. The first-order chi connectivity index (χ1) is 8.08. The van der Waals surface area contributed by atoms with Gasteiger partial charge in [-0.05, 0) is 24.5 Å². The fourth-order valence-corrected chi connectivity index (χ4v) is 1.96. The van der Waals surface area contributed by atoms with E-state index in [1.807, 2.05) is 26.0 Å². The Morgan fingerprint density at radius 2 is 2.29 bits per heavy atom. The van der Waals surface area contributed by atoms with Gasteiger partial charge in [0.1, 0.15) is 11.9 Å². The maximum absolute atomic E-state index is 13.0. The molecule has 1 atom stereocenters. The van der Waals surface area contributed by atoms with Gasteiger partial charge in [0.2, 0.25) is 0 Å². The molecule has 2 heterocycles. The lowest BCUT2D eigenvalue weighted by molar-refractivity contribution is 0.0776. The van der Waals surface area contributed by atoms with Gasteiger partial charge in [0.15, 0.2) is 0 Å². The number of rotatable bonds is 2. The summed E-state index contributed by atoms with van der Waals surface area (Å²) in [6, 6.07) is 5.43. The van der Waals surface area contributed by atoms with Crippen LogP contribution in [0, 0.1) is 0 Å². The van der Waals surface area contributed by atoms with E-state index in [-0.39, 0.29) is 18.4 Å². The van der Waals surface area contributed by atoms with Crippen LogP contribution in [0.2, 0.25) is 0 Å². The molecule has 1 aromatic rings. The molecule has 1 aromatic heterocycles. The van der Waals surface area contributed by atoms with E-state index < -0.39 is 6.17 Å². The van der Waals surface area contributed by atoms with Gasteiger partial charge in [0.05, 0.1) is 6.54 Å². The highest BCUT2D eigenvalue weighted by Gasteiger charge is 2.27. The third-order valence-electron chi connectivity index (χ3n) is 3.00. The highest BCUT2D eigenvalue weighted by atomic mass is 19.1. The van der Waals surface area contributed by atoms with Crippen molar-refractivity contribution in [3.63, 3.8) is 0 Å². The van der Waals surface area contributed by atoms with Crippen LogP contribution in [-0.4, -0.2) is 35.1 Å². The number of nitrogens with zero attached hydrogens (tertiary/aromatic N) is 2. The van der Waals surface area contributed by atoms with Crippen molar-refractivity contribution >= 4 is 5.91 Å². The first kappa shape index (κ1) is 12.0. The maximum atomic E-state index is 13.0.